The Morgan fingerprint density at radius 1 is 1.25 bits per heavy atom. The first kappa shape index (κ1) is 7.22. The van der Waals surface area contributed by atoms with Crippen LogP contribution in [0.1, 0.15) is 11.1 Å². The Balaban J connectivity index is 2.83. The molecule has 0 radical (unpaired) electrons. The molecule has 0 atom stereocenters. The van der Waals surface area contributed by atoms with Gasteiger partial charge in [0.05, 0.1) is 0 Å². The van der Waals surface area contributed by atoms with Gasteiger partial charge in [0, 0.05) is 11.8 Å². The number of nitrogens with one attached hydrogen (secondary N) is 1. The highest BCUT2D eigenvalue weighted by atomic mass is 14.8. The van der Waals surface area contributed by atoms with Gasteiger partial charge in [-0.2, -0.15) is 0 Å². The molecule has 2 nitrogen and oxygen atoms in total. The molecule has 1 aliphatic heterocycles. The van der Waals surface area contributed by atoms with Crippen molar-refractivity contribution in [1.29, 1.82) is 0 Å². The molecule has 0 saturated carbocycles. The van der Waals surface area contributed by atoms with Gasteiger partial charge in [-0.15, -0.1) is 0 Å². The zero-order chi connectivity index (χ0) is 8.72. The molecule has 0 unspecified atom stereocenters. The predicted octanol–water partition coefficient (Wildman–Crippen LogP) is 2.32. The van der Waals surface area contributed by atoms with Gasteiger partial charge in [0.2, 0.25) is 0 Å². The quantitative estimate of drug-likeness (QED) is 0.610. The third-order valence-corrected chi connectivity index (χ3v) is 2.43. The van der Waals surface area contributed by atoms with Gasteiger partial charge in [-0.25, -0.2) is 0 Å². The predicted molar refractivity (Wildman–Crippen MR) is 51.3 cm³/mol. The molecule has 0 aromatic heterocycles. The number of hydrogen-bond donors (Lipinski definition) is 2. The normalized spacial score (nSPS) is 10.8. The number of hydrogen-bond acceptors (Lipinski definition) is 1. The lowest BCUT2D eigenvalue weighted by Crippen LogP contribution is -1.92. The standard InChI is InChI=1S/C10H12N2/c1-6-5-9-8(7(6)2)3-4-12-10(9)11/h3-5,12H,11H2,1-2H3. The Bertz CT molecular complexity index is 387. The van der Waals surface area contributed by atoms with Gasteiger partial charge < -0.3 is 10.7 Å². The molecule has 0 amide bonds. The first-order chi connectivity index (χ1) is 5.70. The smallest absolute Gasteiger partial charge is 0.108 e. The number of nitrogens with two attached hydrogens (primary N) is 1. The molecule has 3 N–H and O–H groups in total. The Kier molecular flexibility index (Phi) is 1.37. The molecule has 2 aliphatic rings. The lowest BCUT2D eigenvalue weighted by molar-refractivity contribution is 1.33. The number of nitrogen functional groups attached to an aromatic ring is 1. The molecule has 2 heteroatoms. The lowest BCUT2D eigenvalue weighted by Gasteiger charge is -2.03. The molecule has 62 valence electrons. The van der Waals surface area contributed by atoms with Crippen LogP contribution >= 0.6 is 0 Å². The summed E-state index contributed by atoms with van der Waals surface area (Å²) in [5.41, 5.74) is 10.8. The summed E-state index contributed by atoms with van der Waals surface area (Å²) >= 11 is 0. The van der Waals surface area contributed by atoms with Crippen LogP contribution in [0.5, 0.6) is 0 Å². The van der Waals surface area contributed by atoms with Crippen molar-refractivity contribution in [3.63, 3.8) is 0 Å². The van der Waals surface area contributed by atoms with Gasteiger partial charge in [0.25, 0.3) is 0 Å². The largest absolute Gasteiger partial charge is 0.385 e. The van der Waals surface area contributed by atoms with E-state index in [2.05, 4.69) is 31.0 Å². The van der Waals surface area contributed by atoms with Gasteiger partial charge in [0.15, 0.2) is 0 Å². The monoisotopic (exact) mass is 160 g/mol. The number of aryl methyl sites for hydroxylation is 1. The van der Waals surface area contributed by atoms with Crippen LogP contribution in [0, 0.1) is 13.8 Å². The van der Waals surface area contributed by atoms with Gasteiger partial charge in [-0.05, 0) is 42.7 Å². The molecule has 0 spiro atoms. The summed E-state index contributed by atoms with van der Waals surface area (Å²) < 4.78 is 0. The first-order valence-corrected chi connectivity index (χ1v) is 4.03. The van der Waals surface area contributed by atoms with Crippen LogP contribution < -0.4 is 5.73 Å². The number of anilines is 1. The van der Waals surface area contributed by atoms with E-state index in [1.54, 1.807) is 0 Å². The number of fused-ring (bicyclic) bond motifs is 1. The number of rotatable bonds is 0. The topological polar surface area (TPSA) is 41.8 Å². The molecule has 0 aromatic rings. The SMILES string of the molecule is Cc1cc2c(N)[nH]ccc-2c1C. The van der Waals surface area contributed by atoms with Crippen molar-refractivity contribution in [3.05, 3.63) is 29.5 Å². The number of aromatic nitrogens is 1. The summed E-state index contributed by atoms with van der Waals surface area (Å²) in [5.74, 6) is 0.753. The van der Waals surface area contributed by atoms with Crippen molar-refractivity contribution in [2.75, 3.05) is 5.73 Å². The maximum absolute atomic E-state index is 5.78. The van der Waals surface area contributed by atoms with Crippen molar-refractivity contribution in [2.24, 2.45) is 0 Å². The van der Waals surface area contributed by atoms with Crippen LogP contribution in [-0.4, -0.2) is 4.98 Å². The molecule has 1 heterocycles. The Morgan fingerprint density at radius 2 is 2.00 bits per heavy atom. The van der Waals surface area contributed by atoms with Gasteiger partial charge in [-0.3, -0.25) is 0 Å². The van der Waals surface area contributed by atoms with E-state index in [1.807, 2.05) is 6.20 Å². The number of H-pyrrole nitrogens is 1. The Labute approximate surface area is 71.7 Å². The third-order valence-electron chi connectivity index (χ3n) is 2.43. The van der Waals surface area contributed by atoms with E-state index < -0.39 is 0 Å². The summed E-state index contributed by atoms with van der Waals surface area (Å²) in [4.78, 5) is 2.99. The Hall–Kier alpha value is -1.44. The van der Waals surface area contributed by atoms with Crippen LogP contribution in [0.4, 0.5) is 5.82 Å². The minimum absolute atomic E-state index is 0.753. The first-order valence-electron chi connectivity index (χ1n) is 4.03. The average molecular weight is 160 g/mol. The van der Waals surface area contributed by atoms with Crippen LogP contribution in [0.3, 0.4) is 0 Å². The van der Waals surface area contributed by atoms with Crippen molar-refractivity contribution in [2.45, 2.75) is 13.8 Å². The Morgan fingerprint density at radius 3 is 2.67 bits per heavy atom. The maximum Gasteiger partial charge on any atom is 0.108 e. The molecular formula is C10H12N2. The van der Waals surface area contributed by atoms with E-state index in [9.17, 15) is 0 Å². The molecular weight excluding hydrogens is 148 g/mol. The fourth-order valence-corrected chi connectivity index (χ4v) is 1.55. The van der Waals surface area contributed by atoms with Gasteiger partial charge in [0.1, 0.15) is 5.82 Å². The van der Waals surface area contributed by atoms with Crippen molar-refractivity contribution >= 4 is 5.82 Å². The van der Waals surface area contributed by atoms with E-state index in [0.29, 0.717) is 0 Å². The molecule has 2 rings (SSSR count). The zero-order valence-corrected chi connectivity index (χ0v) is 7.31. The molecule has 12 heavy (non-hydrogen) atoms. The fraction of sp³-hybridized carbons (Fsp3) is 0.200. The molecule has 0 aromatic carbocycles. The average Bonchev–Trinajstić information content (AvgIpc) is 2.32. The maximum atomic E-state index is 5.78. The van der Waals surface area contributed by atoms with Crippen molar-refractivity contribution in [1.82, 2.24) is 4.98 Å². The van der Waals surface area contributed by atoms with E-state index in [4.69, 9.17) is 5.73 Å². The fourth-order valence-electron chi connectivity index (χ4n) is 1.55. The highest BCUT2D eigenvalue weighted by molar-refractivity contribution is 5.80. The summed E-state index contributed by atoms with van der Waals surface area (Å²) in [6.07, 6.45) is 1.88. The highest BCUT2D eigenvalue weighted by Gasteiger charge is 2.11. The van der Waals surface area contributed by atoms with E-state index in [0.717, 1.165) is 11.4 Å². The van der Waals surface area contributed by atoms with Gasteiger partial charge >= 0.3 is 0 Å². The molecule has 0 bridgehead atoms. The summed E-state index contributed by atoms with van der Waals surface area (Å²) in [6, 6.07) is 4.19. The highest BCUT2D eigenvalue weighted by Crippen LogP contribution is 2.33. The van der Waals surface area contributed by atoms with E-state index in [1.165, 1.54) is 16.7 Å². The van der Waals surface area contributed by atoms with E-state index >= 15 is 0 Å². The van der Waals surface area contributed by atoms with E-state index in [-0.39, 0.29) is 0 Å². The molecule has 0 saturated heterocycles. The number of aromatic amines is 1. The van der Waals surface area contributed by atoms with Crippen molar-refractivity contribution in [3.8, 4) is 11.1 Å². The van der Waals surface area contributed by atoms with Crippen LogP contribution in [-0.2, 0) is 0 Å². The zero-order valence-electron chi connectivity index (χ0n) is 7.31. The summed E-state index contributed by atoms with van der Waals surface area (Å²) in [7, 11) is 0. The summed E-state index contributed by atoms with van der Waals surface area (Å²) in [5, 5.41) is 0. The van der Waals surface area contributed by atoms with Crippen LogP contribution in [0.15, 0.2) is 18.3 Å². The minimum Gasteiger partial charge on any atom is -0.385 e. The number of pyridine rings is 1. The molecule has 1 aliphatic carbocycles. The second kappa shape index (κ2) is 2.27. The second-order valence-electron chi connectivity index (χ2n) is 3.17. The minimum atomic E-state index is 0.753. The lowest BCUT2D eigenvalue weighted by atomic mass is 10.1. The third kappa shape index (κ3) is 0.811. The van der Waals surface area contributed by atoms with Crippen LogP contribution in [0.25, 0.3) is 11.1 Å². The van der Waals surface area contributed by atoms with Crippen molar-refractivity contribution < 1.29 is 0 Å². The molecule has 0 fully saturated rings. The second-order valence-corrected chi connectivity index (χ2v) is 3.17. The van der Waals surface area contributed by atoms with Gasteiger partial charge in [-0.1, -0.05) is 0 Å². The van der Waals surface area contributed by atoms with Crippen LogP contribution in [0.2, 0.25) is 0 Å². The summed E-state index contributed by atoms with van der Waals surface area (Å²) in [6.45, 7) is 4.23.